The van der Waals surface area contributed by atoms with E-state index in [2.05, 4.69) is 17.6 Å². The van der Waals surface area contributed by atoms with Crippen LogP contribution in [0.3, 0.4) is 0 Å². The lowest BCUT2D eigenvalue weighted by Crippen LogP contribution is -2.37. The maximum atomic E-state index is 3.71. The summed E-state index contributed by atoms with van der Waals surface area (Å²) in [4.78, 5) is 0. The van der Waals surface area contributed by atoms with E-state index in [1.165, 1.54) is 64.7 Å². The molecule has 16 heavy (non-hydrogen) atoms. The second-order valence-electron chi connectivity index (χ2n) is 6.01. The van der Waals surface area contributed by atoms with E-state index in [1.54, 1.807) is 0 Å². The van der Waals surface area contributed by atoms with E-state index in [9.17, 15) is 0 Å². The van der Waals surface area contributed by atoms with Gasteiger partial charge in [-0.3, -0.25) is 0 Å². The molecular formula is C14H28N2. The lowest BCUT2D eigenvalue weighted by molar-refractivity contribution is 0.265. The van der Waals surface area contributed by atoms with E-state index in [0.29, 0.717) is 0 Å². The minimum absolute atomic E-state index is 0.884. The Balaban J connectivity index is 1.56. The molecule has 1 saturated carbocycles. The summed E-state index contributed by atoms with van der Waals surface area (Å²) in [6.07, 6.45) is 8.62. The van der Waals surface area contributed by atoms with E-state index >= 15 is 0 Å². The highest BCUT2D eigenvalue weighted by atomic mass is 14.9. The van der Waals surface area contributed by atoms with Crippen molar-refractivity contribution in [1.82, 2.24) is 10.6 Å². The van der Waals surface area contributed by atoms with Crippen molar-refractivity contribution in [2.45, 2.75) is 45.4 Å². The molecule has 1 aliphatic carbocycles. The second-order valence-corrected chi connectivity index (χ2v) is 6.01. The van der Waals surface area contributed by atoms with E-state index in [0.717, 1.165) is 17.8 Å². The Morgan fingerprint density at radius 3 is 2.62 bits per heavy atom. The third kappa shape index (κ3) is 4.06. The predicted octanol–water partition coefficient (Wildman–Crippen LogP) is 2.40. The summed E-state index contributed by atoms with van der Waals surface area (Å²) in [7, 11) is 0. The van der Waals surface area contributed by atoms with Gasteiger partial charge in [-0.2, -0.15) is 0 Å². The van der Waals surface area contributed by atoms with Crippen LogP contribution in [-0.2, 0) is 0 Å². The number of hydrogen-bond acceptors (Lipinski definition) is 2. The lowest BCUT2D eigenvalue weighted by Gasteiger charge is -2.28. The van der Waals surface area contributed by atoms with Crippen molar-refractivity contribution in [3.63, 3.8) is 0 Å². The summed E-state index contributed by atoms with van der Waals surface area (Å²) >= 11 is 0. The van der Waals surface area contributed by atoms with Crippen LogP contribution in [0.2, 0.25) is 0 Å². The molecular weight excluding hydrogens is 196 g/mol. The van der Waals surface area contributed by atoms with Crippen molar-refractivity contribution in [2.75, 3.05) is 26.2 Å². The zero-order chi connectivity index (χ0) is 11.2. The molecule has 0 amide bonds. The van der Waals surface area contributed by atoms with E-state index in [-0.39, 0.29) is 0 Å². The molecule has 1 saturated heterocycles. The van der Waals surface area contributed by atoms with Gasteiger partial charge in [-0.25, -0.2) is 0 Å². The molecule has 0 aromatic heterocycles. The van der Waals surface area contributed by atoms with Gasteiger partial charge in [0, 0.05) is 0 Å². The number of nitrogens with one attached hydrogen (secondary N) is 2. The Morgan fingerprint density at radius 2 is 1.88 bits per heavy atom. The monoisotopic (exact) mass is 224 g/mol. The van der Waals surface area contributed by atoms with Crippen LogP contribution in [0.25, 0.3) is 0 Å². The van der Waals surface area contributed by atoms with Crippen LogP contribution in [-0.4, -0.2) is 26.2 Å². The highest BCUT2D eigenvalue weighted by molar-refractivity contribution is 4.75. The Kier molecular flexibility index (Phi) is 5.11. The van der Waals surface area contributed by atoms with Gasteiger partial charge in [0.15, 0.2) is 0 Å². The van der Waals surface area contributed by atoms with Crippen molar-refractivity contribution in [1.29, 1.82) is 0 Å². The summed E-state index contributed by atoms with van der Waals surface area (Å²) in [5, 5.41) is 7.20. The largest absolute Gasteiger partial charge is 0.316 e. The van der Waals surface area contributed by atoms with Crippen molar-refractivity contribution in [2.24, 2.45) is 17.8 Å². The molecule has 94 valence electrons. The van der Waals surface area contributed by atoms with Gasteiger partial charge in [-0.05, 0) is 69.6 Å². The fraction of sp³-hybridized carbons (Fsp3) is 1.00. The highest BCUT2D eigenvalue weighted by Crippen LogP contribution is 2.27. The molecule has 1 aliphatic heterocycles. The first-order valence-corrected chi connectivity index (χ1v) is 7.26. The molecule has 2 aliphatic rings. The Morgan fingerprint density at radius 1 is 1.06 bits per heavy atom. The molecule has 1 heterocycles. The molecule has 0 bridgehead atoms. The van der Waals surface area contributed by atoms with Crippen LogP contribution >= 0.6 is 0 Å². The normalized spacial score (nSPS) is 36.2. The average molecular weight is 224 g/mol. The predicted molar refractivity (Wildman–Crippen MR) is 69.6 cm³/mol. The van der Waals surface area contributed by atoms with Crippen molar-refractivity contribution < 1.29 is 0 Å². The van der Waals surface area contributed by atoms with Crippen molar-refractivity contribution >= 4 is 0 Å². The van der Waals surface area contributed by atoms with Crippen LogP contribution in [0.15, 0.2) is 0 Å². The molecule has 2 N–H and O–H groups in total. The van der Waals surface area contributed by atoms with Crippen LogP contribution in [0, 0.1) is 17.8 Å². The number of rotatable bonds is 4. The third-order valence-electron chi connectivity index (χ3n) is 4.31. The number of piperidine rings is 1. The maximum absolute atomic E-state index is 3.71. The van der Waals surface area contributed by atoms with Crippen LogP contribution in [0.5, 0.6) is 0 Å². The van der Waals surface area contributed by atoms with Crippen LogP contribution in [0.1, 0.15) is 45.4 Å². The summed E-state index contributed by atoms with van der Waals surface area (Å²) in [6.45, 7) is 7.38. The standard InChI is InChI=1S/C14H28N2/c1-12-4-2-5-13(8-12)9-16-11-14-6-3-7-15-10-14/h12-16H,2-11H2,1H3. The third-order valence-corrected chi connectivity index (χ3v) is 4.31. The first-order chi connectivity index (χ1) is 7.84. The second kappa shape index (κ2) is 6.61. The Hall–Kier alpha value is -0.0800. The van der Waals surface area contributed by atoms with E-state index in [1.807, 2.05) is 0 Å². The van der Waals surface area contributed by atoms with Crippen LogP contribution in [0.4, 0.5) is 0 Å². The van der Waals surface area contributed by atoms with Gasteiger partial charge in [0.05, 0.1) is 0 Å². The van der Waals surface area contributed by atoms with Gasteiger partial charge in [0.2, 0.25) is 0 Å². The van der Waals surface area contributed by atoms with Crippen molar-refractivity contribution in [3.8, 4) is 0 Å². The fourth-order valence-electron chi connectivity index (χ4n) is 3.33. The molecule has 2 heteroatoms. The maximum Gasteiger partial charge on any atom is -0.000826 e. The SMILES string of the molecule is CC1CCCC(CNCC2CCCNC2)C1. The molecule has 2 fully saturated rings. The zero-order valence-electron chi connectivity index (χ0n) is 10.8. The average Bonchev–Trinajstić information content (AvgIpc) is 2.30. The number of hydrogen-bond donors (Lipinski definition) is 2. The van der Waals surface area contributed by atoms with Gasteiger partial charge >= 0.3 is 0 Å². The quantitative estimate of drug-likeness (QED) is 0.766. The Bertz CT molecular complexity index is 187. The van der Waals surface area contributed by atoms with Crippen LogP contribution < -0.4 is 10.6 Å². The van der Waals surface area contributed by atoms with Gasteiger partial charge < -0.3 is 10.6 Å². The molecule has 2 nitrogen and oxygen atoms in total. The minimum atomic E-state index is 0.884. The summed E-state index contributed by atoms with van der Waals surface area (Å²) in [5.74, 6) is 2.81. The molecule has 0 aromatic carbocycles. The summed E-state index contributed by atoms with van der Waals surface area (Å²) in [6, 6.07) is 0. The highest BCUT2D eigenvalue weighted by Gasteiger charge is 2.19. The molecule has 3 atom stereocenters. The zero-order valence-corrected chi connectivity index (χ0v) is 10.8. The first-order valence-electron chi connectivity index (χ1n) is 7.26. The molecule has 2 rings (SSSR count). The minimum Gasteiger partial charge on any atom is -0.316 e. The topological polar surface area (TPSA) is 24.1 Å². The summed E-state index contributed by atoms with van der Waals surface area (Å²) < 4.78 is 0. The molecule has 0 spiro atoms. The van der Waals surface area contributed by atoms with Gasteiger partial charge in [0.25, 0.3) is 0 Å². The van der Waals surface area contributed by atoms with E-state index < -0.39 is 0 Å². The Labute approximate surface area is 101 Å². The van der Waals surface area contributed by atoms with E-state index in [4.69, 9.17) is 0 Å². The fourth-order valence-corrected chi connectivity index (χ4v) is 3.33. The van der Waals surface area contributed by atoms with Crippen molar-refractivity contribution in [3.05, 3.63) is 0 Å². The smallest absolute Gasteiger partial charge is 0.000826 e. The molecule has 0 aromatic rings. The van der Waals surface area contributed by atoms with Gasteiger partial charge in [-0.1, -0.05) is 19.8 Å². The first kappa shape index (κ1) is 12.4. The molecule has 3 unspecified atom stereocenters. The summed E-state index contributed by atoms with van der Waals surface area (Å²) in [5.41, 5.74) is 0. The molecule has 0 radical (unpaired) electrons. The lowest BCUT2D eigenvalue weighted by atomic mass is 9.82. The van der Waals surface area contributed by atoms with Gasteiger partial charge in [0.1, 0.15) is 0 Å². The van der Waals surface area contributed by atoms with Gasteiger partial charge in [-0.15, -0.1) is 0 Å².